The first-order chi connectivity index (χ1) is 13.1. The Hall–Kier alpha value is -2.44. The summed E-state index contributed by atoms with van der Waals surface area (Å²) < 4.78 is 11.5. The van der Waals surface area contributed by atoms with Crippen LogP contribution in [0.2, 0.25) is 0 Å². The van der Waals surface area contributed by atoms with Gasteiger partial charge < -0.3 is 19.7 Å². The van der Waals surface area contributed by atoms with E-state index in [1.165, 1.54) is 0 Å². The number of nitrogens with one attached hydrogen (secondary N) is 1. The molecule has 4 rings (SSSR count). The molecule has 2 aromatic rings. The van der Waals surface area contributed by atoms with E-state index >= 15 is 0 Å². The van der Waals surface area contributed by atoms with Crippen molar-refractivity contribution in [2.75, 3.05) is 36.5 Å². The second-order valence-corrected chi connectivity index (χ2v) is 7.22. The number of aryl methyl sites for hydroxylation is 2. The number of aromatic nitrogens is 1. The van der Waals surface area contributed by atoms with Crippen LogP contribution < -0.4 is 10.2 Å². The highest BCUT2D eigenvalue weighted by molar-refractivity contribution is 6.04. The fourth-order valence-electron chi connectivity index (χ4n) is 3.77. The molecule has 142 valence electrons. The lowest BCUT2D eigenvalue weighted by molar-refractivity contribution is -0.169. The molecule has 6 heteroatoms. The minimum atomic E-state index is -0.387. The van der Waals surface area contributed by atoms with Gasteiger partial charge >= 0.3 is 0 Å². The maximum atomic E-state index is 12.6. The van der Waals surface area contributed by atoms with Gasteiger partial charge in [0.2, 0.25) is 0 Å². The third-order valence-corrected chi connectivity index (χ3v) is 5.39. The van der Waals surface area contributed by atoms with Gasteiger partial charge in [0.25, 0.3) is 5.91 Å². The summed E-state index contributed by atoms with van der Waals surface area (Å²) in [6.07, 6.45) is 3.32. The number of hydrogen-bond acceptors (Lipinski definition) is 5. The number of piperidine rings is 1. The lowest BCUT2D eigenvalue weighted by Gasteiger charge is -2.38. The lowest BCUT2D eigenvalue weighted by atomic mass is 10.0. The number of pyridine rings is 1. The summed E-state index contributed by atoms with van der Waals surface area (Å²) in [4.78, 5) is 19.3. The minimum Gasteiger partial charge on any atom is -0.356 e. The molecular weight excluding hydrogens is 342 g/mol. The number of anilines is 2. The number of carbonyl (C=O) groups excluding carboxylic acids is 1. The summed E-state index contributed by atoms with van der Waals surface area (Å²) in [7, 11) is 0. The summed E-state index contributed by atoms with van der Waals surface area (Å²) in [5.74, 6) is 0.352. The molecule has 27 heavy (non-hydrogen) atoms. The van der Waals surface area contributed by atoms with Crippen LogP contribution in [0.3, 0.4) is 0 Å². The molecule has 3 heterocycles. The zero-order valence-electron chi connectivity index (χ0n) is 15.8. The lowest BCUT2D eigenvalue weighted by Crippen LogP contribution is -2.45. The molecule has 0 unspecified atom stereocenters. The largest absolute Gasteiger partial charge is 0.356 e. The van der Waals surface area contributed by atoms with E-state index in [1.54, 1.807) is 6.20 Å². The van der Waals surface area contributed by atoms with Crippen molar-refractivity contribution in [2.45, 2.75) is 32.5 Å². The minimum absolute atomic E-state index is 0.142. The fraction of sp³-hybridized carbons (Fsp3) is 0.429. The predicted octanol–water partition coefficient (Wildman–Crippen LogP) is 3.29. The van der Waals surface area contributed by atoms with Crippen molar-refractivity contribution in [1.82, 2.24) is 4.98 Å². The Labute approximate surface area is 159 Å². The van der Waals surface area contributed by atoms with Crippen molar-refractivity contribution in [1.29, 1.82) is 0 Å². The van der Waals surface area contributed by atoms with Crippen LogP contribution in [0.15, 0.2) is 36.5 Å². The quantitative estimate of drug-likeness (QED) is 0.902. The van der Waals surface area contributed by atoms with E-state index in [9.17, 15) is 4.79 Å². The molecule has 1 aromatic carbocycles. The average Bonchev–Trinajstić information content (AvgIpc) is 3.13. The monoisotopic (exact) mass is 367 g/mol. The van der Waals surface area contributed by atoms with E-state index in [2.05, 4.69) is 15.2 Å². The van der Waals surface area contributed by atoms with E-state index < -0.39 is 0 Å². The van der Waals surface area contributed by atoms with Gasteiger partial charge in [-0.25, -0.2) is 4.98 Å². The number of benzene rings is 1. The molecule has 0 radical (unpaired) electrons. The van der Waals surface area contributed by atoms with Crippen LogP contribution in [-0.4, -0.2) is 43.0 Å². The molecule has 0 bridgehead atoms. The molecule has 0 atom stereocenters. The first-order valence-electron chi connectivity index (χ1n) is 9.43. The normalized spacial score (nSPS) is 18.7. The van der Waals surface area contributed by atoms with Crippen LogP contribution in [0.4, 0.5) is 11.5 Å². The zero-order chi connectivity index (χ0) is 18.9. The topological polar surface area (TPSA) is 63.7 Å². The molecule has 1 aromatic heterocycles. The number of rotatable bonds is 3. The molecular formula is C21H25N3O3. The average molecular weight is 367 g/mol. The molecule has 1 spiro atoms. The molecule has 1 N–H and O–H groups in total. The molecule has 2 fully saturated rings. The van der Waals surface area contributed by atoms with Gasteiger partial charge in [-0.3, -0.25) is 4.79 Å². The van der Waals surface area contributed by atoms with Gasteiger partial charge in [0, 0.05) is 37.8 Å². The van der Waals surface area contributed by atoms with E-state index in [4.69, 9.17) is 9.47 Å². The molecule has 1 amide bonds. The van der Waals surface area contributed by atoms with Gasteiger partial charge in [-0.2, -0.15) is 0 Å². The first kappa shape index (κ1) is 17.9. The van der Waals surface area contributed by atoms with Crippen LogP contribution in [0.1, 0.15) is 34.3 Å². The Morgan fingerprint density at radius 1 is 1.07 bits per heavy atom. The smallest absolute Gasteiger partial charge is 0.257 e. The van der Waals surface area contributed by atoms with E-state index in [0.29, 0.717) is 18.8 Å². The van der Waals surface area contributed by atoms with Gasteiger partial charge in [-0.05, 0) is 37.1 Å². The summed E-state index contributed by atoms with van der Waals surface area (Å²) in [5.41, 5.74) is 3.51. The Balaban J connectivity index is 1.41. The highest BCUT2D eigenvalue weighted by Crippen LogP contribution is 2.32. The third kappa shape index (κ3) is 3.68. The van der Waals surface area contributed by atoms with Crippen molar-refractivity contribution < 1.29 is 14.3 Å². The Kier molecular flexibility index (Phi) is 4.85. The summed E-state index contributed by atoms with van der Waals surface area (Å²) in [6.45, 7) is 7.02. The van der Waals surface area contributed by atoms with Crippen LogP contribution in [0.5, 0.6) is 0 Å². The van der Waals surface area contributed by atoms with Gasteiger partial charge in [0.05, 0.1) is 18.8 Å². The number of para-hydroxylation sites is 1. The molecule has 0 aliphatic carbocycles. The molecule has 6 nitrogen and oxygen atoms in total. The van der Waals surface area contributed by atoms with Crippen LogP contribution in [0.25, 0.3) is 0 Å². The molecule has 2 saturated heterocycles. The Bertz CT molecular complexity index is 799. The maximum absolute atomic E-state index is 12.6. The highest BCUT2D eigenvalue weighted by Gasteiger charge is 2.40. The molecule has 2 aliphatic rings. The predicted molar refractivity (Wildman–Crippen MR) is 104 cm³/mol. The number of nitrogens with zero attached hydrogens (tertiary/aromatic N) is 2. The first-order valence-corrected chi connectivity index (χ1v) is 9.43. The van der Waals surface area contributed by atoms with E-state index in [-0.39, 0.29) is 11.7 Å². The second-order valence-electron chi connectivity index (χ2n) is 7.22. The van der Waals surface area contributed by atoms with Crippen molar-refractivity contribution in [3.8, 4) is 0 Å². The zero-order valence-corrected chi connectivity index (χ0v) is 15.8. The van der Waals surface area contributed by atoms with E-state index in [1.807, 2.05) is 44.2 Å². The summed E-state index contributed by atoms with van der Waals surface area (Å²) >= 11 is 0. The standard InChI is InChI=1S/C21H25N3O3/c1-15-4-3-5-16(2)19(15)23-20(25)17-6-7-18(22-14-17)24-10-8-21(9-11-24)26-12-13-27-21/h3-7,14H,8-13H2,1-2H3,(H,23,25). The number of hydrogen-bond donors (Lipinski definition) is 1. The Morgan fingerprint density at radius 3 is 2.33 bits per heavy atom. The van der Waals surface area contributed by atoms with Gasteiger partial charge in [-0.1, -0.05) is 18.2 Å². The Morgan fingerprint density at radius 2 is 1.74 bits per heavy atom. The van der Waals surface area contributed by atoms with Gasteiger partial charge in [0.15, 0.2) is 5.79 Å². The summed E-state index contributed by atoms with van der Waals surface area (Å²) in [6, 6.07) is 9.71. The van der Waals surface area contributed by atoms with Gasteiger partial charge in [0.1, 0.15) is 5.82 Å². The number of ether oxygens (including phenoxy) is 2. The van der Waals surface area contributed by atoms with Crippen molar-refractivity contribution in [3.63, 3.8) is 0 Å². The van der Waals surface area contributed by atoms with Crippen molar-refractivity contribution >= 4 is 17.4 Å². The molecule has 0 saturated carbocycles. The second kappa shape index (κ2) is 7.29. The highest BCUT2D eigenvalue weighted by atomic mass is 16.7. The van der Waals surface area contributed by atoms with Crippen molar-refractivity contribution in [2.24, 2.45) is 0 Å². The molecule has 2 aliphatic heterocycles. The number of amides is 1. The van der Waals surface area contributed by atoms with E-state index in [0.717, 1.165) is 48.6 Å². The maximum Gasteiger partial charge on any atom is 0.257 e. The van der Waals surface area contributed by atoms with Crippen LogP contribution in [-0.2, 0) is 9.47 Å². The van der Waals surface area contributed by atoms with Crippen LogP contribution >= 0.6 is 0 Å². The van der Waals surface area contributed by atoms with Gasteiger partial charge in [-0.15, -0.1) is 0 Å². The van der Waals surface area contributed by atoms with Crippen LogP contribution in [0, 0.1) is 13.8 Å². The number of carbonyl (C=O) groups is 1. The third-order valence-electron chi connectivity index (χ3n) is 5.39. The van der Waals surface area contributed by atoms with Crippen molar-refractivity contribution in [3.05, 3.63) is 53.2 Å². The summed E-state index contributed by atoms with van der Waals surface area (Å²) in [5, 5.41) is 3.00. The fourth-order valence-corrected chi connectivity index (χ4v) is 3.77. The SMILES string of the molecule is Cc1cccc(C)c1NC(=O)c1ccc(N2CCC3(CC2)OCCO3)nc1.